The Labute approximate surface area is 246 Å². The van der Waals surface area contributed by atoms with Crippen LogP contribution in [0.2, 0.25) is 0 Å². The van der Waals surface area contributed by atoms with Gasteiger partial charge >= 0.3 is 18.1 Å². The number of benzene rings is 2. The van der Waals surface area contributed by atoms with Crippen LogP contribution in [0.15, 0.2) is 64.3 Å². The summed E-state index contributed by atoms with van der Waals surface area (Å²) in [7, 11) is 0. The third kappa shape index (κ3) is 5.98. The van der Waals surface area contributed by atoms with Crippen molar-refractivity contribution in [2.24, 2.45) is 10.9 Å². The van der Waals surface area contributed by atoms with E-state index in [9.17, 15) is 32.7 Å². The molecule has 0 bridgehead atoms. The van der Waals surface area contributed by atoms with Crippen LogP contribution in [0.3, 0.4) is 0 Å². The number of para-hydroxylation sites is 1. The van der Waals surface area contributed by atoms with Gasteiger partial charge in [0.2, 0.25) is 12.1 Å². The average molecular weight is 621 g/mol. The number of carbonyl (C=O) groups is 3. The Balaban J connectivity index is 1.56. The number of aromatic nitrogens is 1. The maximum absolute atomic E-state index is 15.8. The van der Waals surface area contributed by atoms with Crippen LogP contribution in [0.4, 0.5) is 27.6 Å². The molecule has 1 aromatic heterocycles. The number of nitrogens with zero attached hydrogens (tertiary/aromatic N) is 3. The summed E-state index contributed by atoms with van der Waals surface area (Å²) < 4.78 is 81.5. The highest BCUT2D eigenvalue weighted by Gasteiger charge is 2.52. The summed E-state index contributed by atoms with van der Waals surface area (Å²) in [6.45, 7) is 0.269. The van der Waals surface area contributed by atoms with Crippen LogP contribution in [-0.2, 0) is 14.4 Å². The Morgan fingerprint density at radius 3 is 2.52 bits per heavy atom. The standard InChI is InChI=1S/C29H25F5N4O6/c1-15-19(13-44-37-15)21(27(41)42)18(10-11-29(32,33)34)25(39)36-24-26(40)38-22-17(12-35-24)8-5-9-20(22)43-14-28(30,31)23(38)16-6-3-2-4-7-16/h2-9,12-13,18,21,23-24H,10-11,14H2,1H3,(H,36,39)(H,41,42)/t18-,21-,23+,24?/m1/s1. The van der Waals surface area contributed by atoms with Crippen LogP contribution < -0.4 is 15.0 Å². The van der Waals surface area contributed by atoms with E-state index < -0.39 is 73.4 Å². The summed E-state index contributed by atoms with van der Waals surface area (Å²) in [5.41, 5.74) is 0.0952. The van der Waals surface area contributed by atoms with E-state index in [1.54, 1.807) is 6.07 Å². The van der Waals surface area contributed by atoms with E-state index in [1.807, 2.05) is 0 Å². The number of alkyl halides is 5. The number of carboxylic acids is 1. The van der Waals surface area contributed by atoms with Crippen LogP contribution in [0.5, 0.6) is 5.75 Å². The van der Waals surface area contributed by atoms with E-state index in [4.69, 9.17) is 9.26 Å². The number of carbonyl (C=O) groups excluding carboxylic acids is 2. The summed E-state index contributed by atoms with van der Waals surface area (Å²) in [6.07, 6.45) is -7.09. The van der Waals surface area contributed by atoms with Crippen molar-refractivity contribution in [3.8, 4) is 5.75 Å². The van der Waals surface area contributed by atoms with E-state index in [0.29, 0.717) is 0 Å². The molecule has 10 nitrogen and oxygen atoms in total. The molecule has 1 unspecified atom stereocenters. The monoisotopic (exact) mass is 620 g/mol. The molecule has 0 radical (unpaired) electrons. The quantitative estimate of drug-likeness (QED) is 0.346. The number of aryl methyl sites for hydroxylation is 1. The largest absolute Gasteiger partial charge is 0.485 e. The number of rotatable bonds is 8. The first-order valence-electron chi connectivity index (χ1n) is 13.3. The maximum atomic E-state index is 15.8. The first-order valence-corrected chi connectivity index (χ1v) is 13.3. The molecule has 5 rings (SSSR count). The molecule has 2 amide bonds. The van der Waals surface area contributed by atoms with Crippen molar-refractivity contribution in [1.82, 2.24) is 10.5 Å². The number of hydrogen-bond acceptors (Lipinski definition) is 7. The molecule has 0 aliphatic carbocycles. The zero-order chi connectivity index (χ0) is 31.8. The van der Waals surface area contributed by atoms with Gasteiger partial charge in [0.1, 0.15) is 18.1 Å². The Hall–Kier alpha value is -4.82. The number of aliphatic imine (C=N–C) groups is 1. The molecule has 3 heterocycles. The second-order valence-corrected chi connectivity index (χ2v) is 10.4. The Morgan fingerprint density at radius 2 is 1.89 bits per heavy atom. The fraction of sp³-hybridized carbons (Fsp3) is 0.345. The molecule has 15 heteroatoms. The summed E-state index contributed by atoms with van der Waals surface area (Å²) in [5.74, 6) is -11.5. The normalized spacial score (nSPS) is 20.5. The SMILES string of the molecule is Cc1nocc1[C@H](C(=O)O)[C@@H](CCC(F)(F)F)C(=O)NC1N=Cc2cccc3c2N(C1=O)[C@@H](c1ccccc1)C(F)(F)CO3. The van der Waals surface area contributed by atoms with Crippen LogP contribution in [0, 0.1) is 12.8 Å². The second-order valence-electron chi connectivity index (χ2n) is 10.4. The molecule has 2 aromatic carbocycles. The van der Waals surface area contributed by atoms with Crippen molar-refractivity contribution in [1.29, 1.82) is 0 Å². The van der Waals surface area contributed by atoms with E-state index >= 15 is 8.78 Å². The smallest absolute Gasteiger partial charge is 0.389 e. The maximum Gasteiger partial charge on any atom is 0.389 e. The lowest BCUT2D eigenvalue weighted by molar-refractivity contribution is -0.150. The Morgan fingerprint density at radius 1 is 1.16 bits per heavy atom. The van der Waals surface area contributed by atoms with Crippen LogP contribution in [0.25, 0.3) is 0 Å². The summed E-state index contributed by atoms with van der Waals surface area (Å²) in [5, 5.41) is 15.8. The second kappa shape index (κ2) is 11.7. The van der Waals surface area contributed by atoms with E-state index in [2.05, 4.69) is 15.5 Å². The van der Waals surface area contributed by atoms with Gasteiger partial charge in [-0.1, -0.05) is 47.6 Å². The van der Waals surface area contributed by atoms with Gasteiger partial charge in [-0.15, -0.1) is 0 Å². The third-order valence-corrected chi connectivity index (χ3v) is 7.44. The van der Waals surface area contributed by atoms with Crippen molar-refractivity contribution in [3.05, 3.63) is 77.2 Å². The van der Waals surface area contributed by atoms with Crippen molar-refractivity contribution in [3.63, 3.8) is 0 Å². The van der Waals surface area contributed by atoms with Crippen LogP contribution in [-0.4, -0.2) is 59.1 Å². The number of aliphatic carboxylic acids is 1. The van der Waals surface area contributed by atoms with E-state index in [0.717, 1.165) is 17.4 Å². The van der Waals surface area contributed by atoms with Crippen molar-refractivity contribution >= 4 is 29.7 Å². The van der Waals surface area contributed by atoms with E-state index in [1.165, 1.54) is 49.4 Å². The zero-order valence-electron chi connectivity index (χ0n) is 22.9. The van der Waals surface area contributed by atoms with Gasteiger partial charge < -0.3 is 19.7 Å². The lowest BCUT2D eigenvalue weighted by atomic mass is 9.82. The minimum absolute atomic E-state index is 0.0336. The van der Waals surface area contributed by atoms with Crippen molar-refractivity contribution < 1.29 is 50.7 Å². The highest BCUT2D eigenvalue weighted by Crippen LogP contribution is 2.48. The molecule has 2 aliphatic heterocycles. The lowest BCUT2D eigenvalue weighted by Crippen LogP contribution is -2.53. The average Bonchev–Trinajstić information content (AvgIpc) is 3.27. The molecule has 4 atom stereocenters. The molecule has 2 N–H and O–H groups in total. The van der Waals surface area contributed by atoms with Crippen molar-refractivity contribution in [2.75, 3.05) is 11.5 Å². The molecule has 0 spiro atoms. The molecule has 0 fully saturated rings. The number of nitrogens with one attached hydrogen (secondary N) is 1. The Bertz CT molecular complexity index is 1590. The fourth-order valence-electron chi connectivity index (χ4n) is 5.43. The lowest BCUT2D eigenvalue weighted by Gasteiger charge is -2.35. The van der Waals surface area contributed by atoms with E-state index in [-0.39, 0.29) is 33.8 Å². The van der Waals surface area contributed by atoms with Crippen LogP contribution in [0.1, 0.15) is 47.2 Å². The first kappa shape index (κ1) is 30.6. The number of halogens is 5. The van der Waals surface area contributed by atoms with Gasteiger partial charge in [-0.05, 0) is 25.0 Å². The number of anilines is 1. The minimum Gasteiger partial charge on any atom is -0.485 e. The molecule has 0 saturated heterocycles. The van der Waals surface area contributed by atoms with Gasteiger partial charge in [0.25, 0.3) is 5.91 Å². The molecule has 0 saturated carbocycles. The molecule has 3 aromatic rings. The van der Waals surface area contributed by atoms with Gasteiger partial charge in [0.15, 0.2) is 6.61 Å². The fourth-order valence-corrected chi connectivity index (χ4v) is 5.43. The van der Waals surface area contributed by atoms with Gasteiger partial charge in [-0.2, -0.15) is 13.2 Å². The van der Waals surface area contributed by atoms with Gasteiger partial charge in [-0.3, -0.25) is 24.3 Å². The minimum atomic E-state index is -4.75. The zero-order valence-corrected chi connectivity index (χ0v) is 22.9. The summed E-state index contributed by atoms with van der Waals surface area (Å²) >= 11 is 0. The Kier molecular flexibility index (Phi) is 8.14. The molecule has 232 valence electrons. The molecule has 44 heavy (non-hydrogen) atoms. The number of carboxylic acid groups (broad SMARTS) is 1. The third-order valence-electron chi connectivity index (χ3n) is 7.44. The predicted molar refractivity (Wildman–Crippen MR) is 143 cm³/mol. The molecule has 2 aliphatic rings. The first-order chi connectivity index (χ1) is 20.8. The number of ether oxygens (including phenoxy) is 1. The van der Waals surface area contributed by atoms with Gasteiger partial charge in [0.05, 0.1) is 23.2 Å². The van der Waals surface area contributed by atoms with Crippen molar-refractivity contribution in [2.45, 2.75) is 50.0 Å². The molecular formula is C29H25F5N4O6. The predicted octanol–water partition coefficient (Wildman–Crippen LogP) is 4.79. The number of amides is 2. The highest BCUT2D eigenvalue weighted by molar-refractivity contribution is 6.08. The highest BCUT2D eigenvalue weighted by atomic mass is 19.4. The summed E-state index contributed by atoms with van der Waals surface area (Å²) in [4.78, 5) is 44.9. The van der Waals surface area contributed by atoms with Gasteiger partial charge in [0, 0.05) is 23.8 Å². The number of hydrogen-bond donors (Lipinski definition) is 2. The summed E-state index contributed by atoms with van der Waals surface area (Å²) in [6, 6.07) is 9.85. The topological polar surface area (TPSA) is 134 Å². The van der Waals surface area contributed by atoms with Crippen LogP contribution >= 0.6 is 0 Å². The molecular weight excluding hydrogens is 595 g/mol. The van der Waals surface area contributed by atoms with Gasteiger partial charge in [-0.25, -0.2) is 8.78 Å².